The number of nitrogens with one attached hydrogen (secondary N) is 1. The Balaban J connectivity index is 2.07. The normalized spacial score (nSPS) is 11.4. The Hall–Kier alpha value is -1.87. The van der Waals surface area contributed by atoms with E-state index in [9.17, 15) is 0 Å². The number of aromatic nitrogens is 1. The van der Waals surface area contributed by atoms with Gasteiger partial charge in [-0.25, -0.2) is 0 Å². The van der Waals surface area contributed by atoms with Crippen molar-refractivity contribution in [2.75, 3.05) is 6.54 Å². The van der Waals surface area contributed by atoms with Gasteiger partial charge in [-0.3, -0.25) is 4.98 Å². The van der Waals surface area contributed by atoms with Gasteiger partial charge in [0.2, 0.25) is 0 Å². The van der Waals surface area contributed by atoms with Gasteiger partial charge in [-0.05, 0) is 35.7 Å². The average molecular weight is 284 g/mol. The molecule has 0 bridgehead atoms. The van der Waals surface area contributed by atoms with Crippen molar-refractivity contribution in [2.45, 2.75) is 39.7 Å². The van der Waals surface area contributed by atoms with Crippen LogP contribution < -0.4 is 10.1 Å². The minimum absolute atomic E-state index is 0.161. The second-order valence-electron chi connectivity index (χ2n) is 6.14. The summed E-state index contributed by atoms with van der Waals surface area (Å²) in [5.74, 6) is 1.67. The second kappa shape index (κ2) is 6.72. The van der Waals surface area contributed by atoms with E-state index in [-0.39, 0.29) is 5.41 Å². The van der Waals surface area contributed by atoms with E-state index in [4.69, 9.17) is 4.74 Å². The Morgan fingerprint density at radius 1 is 1.05 bits per heavy atom. The molecule has 2 aromatic rings. The molecule has 0 aliphatic rings. The van der Waals surface area contributed by atoms with Gasteiger partial charge in [0.05, 0.1) is 5.69 Å². The number of pyridine rings is 1. The molecule has 1 heterocycles. The van der Waals surface area contributed by atoms with Gasteiger partial charge in [-0.2, -0.15) is 0 Å². The van der Waals surface area contributed by atoms with Crippen molar-refractivity contribution in [3.63, 3.8) is 0 Å². The Morgan fingerprint density at radius 2 is 1.76 bits per heavy atom. The van der Waals surface area contributed by atoms with E-state index >= 15 is 0 Å². The highest BCUT2D eigenvalue weighted by Gasteiger charge is 2.13. The molecule has 0 amide bonds. The predicted molar refractivity (Wildman–Crippen MR) is 86.8 cm³/mol. The second-order valence-corrected chi connectivity index (χ2v) is 6.14. The summed E-state index contributed by atoms with van der Waals surface area (Å²) >= 11 is 0. The lowest BCUT2D eigenvalue weighted by molar-refractivity contribution is 0.479. The van der Waals surface area contributed by atoms with Crippen LogP contribution in [0, 0.1) is 0 Å². The van der Waals surface area contributed by atoms with E-state index in [1.807, 2.05) is 24.3 Å². The van der Waals surface area contributed by atoms with Crippen LogP contribution in [0.15, 0.2) is 42.6 Å². The molecule has 3 heteroatoms. The largest absolute Gasteiger partial charge is 0.457 e. The molecule has 3 nitrogen and oxygen atoms in total. The van der Waals surface area contributed by atoms with Gasteiger partial charge in [0, 0.05) is 18.8 Å². The van der Waals surface area contributed by atoms with Crippen molar-refractivity contribution in [1.29, 1.82) is 0 Å². The fraction of sp³-hybridized carbons (Fsp3) is 0.389. The maximum absolute atomic E-state index is 5.90. The smallest absolute Gasteiger partial charge is 0.130 e. The molecule has 0 radical (unpaired) electrons. The lowest BCUT2D eigenvalue weighted by Gasteiger charge is -2.19. The molecule has 0 atom stereocenters. The van der Waals surface area contributed by atoms with Crippen molar-refractivity contribution in [3.8, 4) is 11.5 Å². The SMILES string of the molecule is CCNCc1cc(Oc2ccc(C(C)(C)C)cc2)ccn1. The van der Waals surface area contributed by atoms with Crippen LogP contribution >= 0.6 is 0 Å². The molecule has 0 saturated carbocycles. The number of benzene rings is 1. The first-order chi connectivity index (χ1) is 9.99. The minimum Gasteiger partial charge on any atom is -0.457 e. The van der Waals surface area contributed by atoms with Crippen LogP contribution in [-0.4, -0.2) is 11.5 Å². The van der Waals surface area contributed by atoms with Gasteiger partial charge in [-0.15, -0.1) is 0 Å². The maximum atomic E-state index is 5.90. The summed E-state index contributed by atoms with van der Waals surface area (Å²) in [7, 11) is 0. The number of hydrogen-bond acceptors (Lipinski definition) is 3. The molecule has 0 unspecified atom stereocenters. The zero-order valence-electron chi connectivity index (χ0n) is 13.3. The molecule has 1 N–H and O–H groups in total. The van der Waals surface area contributed by atoms with E-state index < -0.39 is 0 Å². The summed E-state index contributed by atoms with van der Waals surface area (Å²) in [5.41, 5.74) is 2.45. The highest BCUT2D eigenvalue weighted by Crippen LogP contribution is 2.26. The van der Waals surface area contributed by atoms with Crippen molar-refractivity contribution in [3.05, 3.63) is 53.9 Å². The van der Waals surface area contributed by atoms with E-state index in [0.29, 0.717) is 0 Å². The van der Waals surface area contributed by atoms with Crippen LogP contribution in [0.25, 0.3) is 0 Å². The van der Waals surface area contributed by atoms with Crippen molar-refractivity contribution in [2.24, 2.45) is 0 Å². The number of nitrogens with zero attached hydrogens (tertiary/aromatic N) is 1. The standard InChI is InChI=1S/C18H24N2O/c1-5-19-13-15-12-17(10-11-20-15)21-16-8-6-14(7-9-16)18(2,3)4/h6-12,19H,5,13H2,1-4H3. The van der Waals surface area contributed by atoms with Crippen molar-refractivity contribution < 1.29 is 4.74 Å². The lowest BCUT2D eigenvalue weighted by atomic mass is 9.87. The molecule has 2 rings (SSSR count). The number of rotatable bonds is 5. The summed E-state index contributed by atoms with van der Waals surface area (Å²) in [6.07, 6.45) is 1.78. The van der Waals surface area contributed by atoms with Crippen LogP contribution in [0.4, 0.5) is 0 Å². The third-order valence-corrected chi connectivity index (χ3v) is 3.30. The fourth-order valence-electron chi connectivity index (χ4n) is 2.03. The average Bonchev–Trinajstić information content (AvgIpc) is 2.45. The first-order valence-corrected chi connectivity index (χ1v) is 7.43. The van der Waals surface area contributed by atoms with Crippen molar-refractivity contribution >= 4 is 0 Å². The Morgan fingerprint density at radius 3 is 2.38 bits per heavy atom. The summed E-state index contributed by atoms with van der Waals surface area (Å²) in [6, 6.07) is 12.1. The van der Waals surface area contributed by atoms with Crippen LogP contribution in [0.3, 0.4) is 0 Å². The first-order valence-electron chi connectivity index (χ1n) is 7.43. The molecule has 0 aliphatic carbocycles. The van der Waals surface area contributed by atoms with Gasteiger partial charge >= 0.3 is 0 Å². The summed E-state index contributed by atoms with van der Waals surface area (Å²) < 4.78 is 5.90. The minimum atomic E-state index is 0.161. The van der Waals surface area contributed by atoms with Crippen LogP contribution in [-0.2, 0) is 12.0 Å². The quantitative estimate of drug-likeness (QED) is 0.889. The topological polar surface area (TPSA) is 34.1 Å². The van der Waals surface area contributed by atoms with Crippen LogP contribution in [0.1, 0.15) is 39.0 Å². The van der Waals surface area contributed by atoms with Gasteiger partial charge in [0.15, 0.2) is 0 Å². The molecule has 21 heavy (non-hydrogen) atoms. The lowest BCUT2D eigenvalue weighted by Crippen LogP contribution is -2.12. The third-order valence-electron chi connectivity index (χ3n) is 3.30. The highest BCUT2D eigenvalue weighted by molar-refractivity contribution is 5.35. The zero-order chi connectivity index (χ0) is 15.3. The van der Waals surface area contributed by atoms with E-state index in [0.717, 1.165) is 30.3 Å². The Bertz CT molecular complexity index is 571. The molecule has 0 aliphatic heterocycles. The summed E-state index contributed by atoms with van der Waals surface area (Å²) in [5, 5.41) is 3.26. The molecule has 0 fully saturated rings. The molecule has 0 saturated heterocycles. The predicted octanol–water partition coefficient (Wildman–Crippen LogP) is 4.28. The molecular formula is C18H24N2O. The van der Waals surface area contributed by atoms with Gasteiger partial charge in [0.1, 0.15) is 11.5 Å². The van der Waals surface area contributed by atoms with Crippen LogP contribution in [0.5, 0.6) is 11.5 Å². The molecule has 1 aromatic carbocycles. The number of hydrogen-bond donors (Lipinski definition) is 1. The maximum Gasteiger partial charge on any atom is 0.130 e. The molecule has 112 valence electrons. The van der Waals surface area contributed by atoms with Gasteiger partial charge in [0.25, 0.3) is 0 Å². The monoisotopic (exact) mass is 284 g/mol. The van der Waals surface area contributed by atoms with E-state index in [1.165, 1.54) is 5.56 Å². The first kappa shape index (κ1) is 15.5. The van der Waals surface area contributed by atoms with Gasteiger partial charge < -0.3 is 10.1 Å². The Labute approximate surface area is 127 Å². The molecule has 0 spiro atoms. The fourth-order valence-corrected chi connectivity index (χ4v) is 2.03. The van der Waals surface area contributed by atoms with E-state index in [1.54, 1.807) is 6.20 Å². The molecular weight excluding hydrogens is 260 g/mol. The third kappa shape index (κ3) is 4.57. The molecule has 1 aromatic heterocycles. The summed E-state index contributed by atoms with van der Waals surface area (Å²) in [6.45, 7) is 10.4. The zero-order valence-corrected chi connectivity index (χ0v) is 13.3. The number of ether oxygens (including phenoxy) is 1. The van der Waals surface area contributed by atoms with Crippen molar-refractivity contribution in [1.82, 2.24) is 10.3 Å². The highest BCUT2D eigenvalue weighted by atomic mass is 16.5. The van der Waals surface area contributed by atoms with Gasteiger partial charge in [-0.1, -0.05) is 39.8 Å². The summed E-state index contributed by atoms with van der Waals surface area (Å²) in [4.78, 5) is 4.32. The van der Waals surface area contributed by atoms with E-state index in [2.05, 4.69) is 50.1 Å². The Kier molecular flexibility index (Phi) is 4.97. The van der Waals surface area contributed by atoms with Crippen LogP contribution in [0.2, 0.25) is 0 Å².